The average molecular weight is 803 g/mol. The molecule has 0 bridgehead atoms. The highest BCUT2D eigenvalue weighted by Gasteiger charge is 2.51. The fourth-order valence-electron chi connectivity index (χ4n) is 10.4. The molecule has 0 amide bonds. The standard InChI is InChI=1S/C61H42N2/c1-4-19-43(20-5-1)44-35-37-48(38-36-44)62(49-26-18-23-46(41-49)52-28-11-10-27-51(52)45-21-6-2-7-22-45)50-39-40-56-54(42-50)53-29-12-13-30-55(53)61(56)57-31-14-16-33-59(57)63(47-24-8-3-9-25-47)60-34-17-15-32-58(60)61/h1-42H. The van der Waals surface area contributed by atoms with Crippen LogP contribution in [0.25, 0.3) is 44.5 Å². The first-order valence-corrected chi connectivity index (χ1v) is 21.8. The monoisotopic (exact) mass is 802 g/mol. The van der Waals surface area contributed by atoms with Crippen LogP contribution in [0.2, 0.25) is 0 Å². The number of rotatable bonds is 7. The predicted octanol–water partition coefficient (Wildman–Crippen LogP) is 16.3. The number of para-hydroxylation sites is 3. The zero-order chi connectivity index (χ0) is 41.7. The van der Waals surface area contributed by atoms with Gasteiger partial charge in [-0.25, -0.2) is 0 Å². The van der Waals surface area contributed by atoms with E-state index in [0.29, 0.717) is 0 Å². The van der Waals surface area contributed by atoms with Gasteiger partial charge in [-0.05, 0) is 127 Å². The lowest BCUT2D eigenvalue weighted by molar-refractivity contribution is 0.752. The fourth-order valence-corrected chi connectivity index (χ4v) is 10.4. The van der Waals surface area contributed by atoms with E-state index < -0.39 is 5.41 Å². The minimum absolute atomic E-state index is 0.522. The summed E-state index contributed by atoms with van der Waals surface area (Å²) in [7, 11) is 0. The molecule has 2 nitrogen and oxygen atoms in total. The highest BCUT2D eigenvalue weighted by Crippen LogP contribution is 2.63. The highest BCUT2D eigenvalue weighted by atomic mass is 15.2. The first-order chi connectivity index (χ1) is 31.3. The number of fused-ring (bicyclic) bond motifs is 9. The Morgan fingerprint density at radius 3 is 1.40 bits per heavy atom. The Morgan fingerprint density at radius 1 is 0.270 bits per heavy atom. The Hall–Kier alpha value is -8.20. The van der Waals surface area contributed by atoms with E-state index in [0.717, 1.165) is 22.7 Å². The molecule has 2 heteroatoms. The second-order valence-corrected chi connectivity index (χ2v) is 16.4. The molecule has 1 aliphatic carbocycles. The molecule has 0 radical (unpaired) electrons. The molecular formula is C61H42N2. The van der Waals surface area contributed by atoms with Crippen molar-refractivity contribution in [3.05, 3.63) is 277 Å². The van der Waals surface area contributed by atoms with Crippen molar-refractivity contribution in [2.24, 2.45) is 0 Å². The smallest absolute Gasteiger partial charge is 0.0754 e. The molecule has 0 aromatic heterocycles. The van der Waals surface area contributed by atoms with Gasteiger partial charge in [0.05, 0.1) is 16.8 Å². The fraction of sp³-hybridized carbons (Fsp3) is 0.0164. The van der Waals surface area contributed by atoms with E-state index in [1.807, 2.05) is 0 Å². The summed E-state index contributed by atoms with van der Waals surface area (Å²) < 4.78 is 0. The Balaban J connectivity index is 1.06. The van der Waals surface area contributed by atoms with Gasteiger partial charge in [-0.15, -0.1) is 0 Å². The third-order valence-electron chi connectivity index (χ3n) is 13.1. The second kappa shape index (κ2) is 15.1. The SMILES string of the molecule is c1ccc(-c2ccc(N(c3cccc(-c4ccccc4-c4ccccc4)c3)c3ccc4c(c3)-c3ccccc3C43c4ccccc4N(c4ccccc4)c4ccccc43)cc2)cc1. The van der Waals surface area contributed by atoms with E-state index >= 15 is 0 Å². The van der Waals surface area contributed by atoms with Gasteiger partial charge >= 0.3 is 0 Å². The lowest BCUT2D eigenvalue weighted by Crippen LogP contribution is -2.36. The van der Waals surface area contributed by atoms with Crippen molar-refractivity contribution < 1.29 is 0 Å². The third kappa shape index (κ3) is 5.87. The predicted molar refractivity (Wildman–Crippen MR) is 263 cm³/mol. The molecule has 1 aliphatic heterocycles. The van der Waals surface area contributed by atoms with Gasteiger partial charge < -0.3 is 9.80 Å². The molecule has 0 atom stereocenters. The summed E-state index contributed by atoms with van der Waals surface area (Å²) in [5.74, 6) is 0. The maximum atomic E-state index is 2.44. The van der Waals surface area contributed by atoms with Crippen molar-refractivity contribution in [2.75, 3.05) is 9.80 Å². The lowest BCUT2D eigenvalue weighted by atomic mass is 9.64. The van der Waals surface area contributed by atoms with Crippen LogP contribution in [-0.4, -0.2) is 0 Å². The van der Waals surface area contributed by atoms with E-state index in [-0.39, 0.29) is 0 Å². The average Bonchev–Trinajstić information content (AvgIpc) is 3.65. The molecule has 12 rings (SSSR count). The molecule has 0 saturated carbocycles. The van der Waals surface area contributed by atoms with Crippen LogP contribution in [0.1, 0.15) is 22.3 Å². The Morgan fingerprint density at radius 2 is 0.730 bits per heavy atom. The topological polar surface area (TPSA) is 6.48 Å². The summed E-state index contributed by atoms with van der Waals surface area (Å²) in [5.41, 5.74) is 21.2. The summed E-state index contributed by atoms with van der Waals surface area (Å²) >= 11 is 0. The van der Waals surface area contributed by atoms with Crippen molar-refractivity contribution in [2.45, 2.75) is 5.41 Å². The van der Waals surface area contributed by atoms with Crippen molar-refractivity contribution >= 4 is 34.1 Å². The van der Waals surface area contributed by atoms with Gasteiger partial charge in [0.15, 0.2) is 0 Å². The Labute approximate surface area is 369 Å². The summed E-state index contributed by atoms with van der Waals surface area (Å²) in [6, 6.07) is 93.2. The van der Waals surface area contributed by atoms with Crippen LogP contribution in [0.5, 0.6) is 0 Å². The molecule has 1 heterocycles. The van der Waals surface area contributed by atoms with Crippen LogP contribution in [-0.2, 0) is 5.41 Å². The molecule has 2 aliphatic rings. The molecule has 0 N–H and O–H groups in total. The zero-order valence-corrected chi connectivity index (χ0v) is 34.6. The lowest BCUT2D eigenvalue weighted by Gasteiger charge is -2.45. The molecule has 0 fully saturated rings. The van der Waals surface area contributed by atoms with Crippen LogP contribution in [0.4, 0.5) is 34.1 Å². The van der Waals surface area contributed by atoms with Crippen LogP contribution < -0.4 is 9.80 Å². The zero-order valence-electron chi connectivity index (χ0n) is 34.6. The summed E-state index contributed by atoms with van der Waals surface area (Å²) in [6.07, 6.45) is 0. The molecule has 10 aromatic rings. The number of benzene rings is 10. The minimum Gasteiger partial charge on any atom is -0.310 e. The maximum absolute atomic E-state index is 2.44. The molecule has 296 valence electrons. The first-order valence-electron chi connectivity index (χ1n) is 21.8. The van der Waals surface area contributed by atoms with Gasteiger partial charge in [0.2, 0.25) is 0 Å². The van der Waals surface area contributed by atoms with Crippen molar-refractivity contribution in [1.29, 1.82) is 0 Å². The van der Waals surface area contributed by atoms with E-state index in [1.54, 1.807) is 0 Å². The maximum Gasteiger partial charge on any atom is 0.0754 e. The van der Waals surface area contributed by atoms with Crippen molar-refractivity contribution in [3.8, 4) is 44.5 Å². The second-order valence-electron chi connectivity index (χ2n) is 16.4. The van der Waals surface area contributed by atoms with Gasteiger partial charge in [-0.1, -0.05) is 194 Å². The van der Waals surface area contributed by atoms with Crippen LogP contribution in [0, 0.1) is 0 Å². The summed E-state index contributed by atoms with van der Waals surface area (Å²) in [6.45, 7) is 0. The number of anilines is 6. The third-order valence-corrected chi connectivity index (χ3v) is 13.1. The van der Waals surface area contributed by atoms with Crippen LogP contribution >= 0.6 is 0 Å². The van der Waals surface area contributed by atoms with Crippen LogP contribution in [0.15, 0.2) is 255 Å². The Kier molecular flexibility index (Phi) is 8.76. The van der Waals surface area contributed by atoms with Gasteiger partial charge in [-0.3, -0.25) is 0 Å². The van der Waals surface area contributed by atoms with Gasteiger partial charge in [0, 0.05) is 22.7 Å². The summed E-state index contributed by atoms with van der Waals surface area (Å²) in [5, 5.41) is 0. The van der Waals surface area contributed by atoms with Crippen molar-refractivity contribution in [3.63, 3.8) is 0 Å². The van der Waals surface area contributed by atoms with Crippen LogP contribution in [0.3, 0.4) is 0 Å². The molecule has 1 spiro atoms. The van der Waals surface area contributed by atoms with Crippen molar-refractivity contribution in [1.82, 2.24) is 0 Å². The minimum atomic E-state index is -0.522. The molecule has 0 unspecified atom stereocenters. The van der Waals surface area contributed by atoms with E-state index in [1.165, 1.54) is 78.1 Å². The number of hydrogen-bond acceptors (Lipinski definition) is 2. The number of nitrogens with zero attached hydrogens (tertiary/aromatic N) is 2. The van der Waals surface area contributed by atoms with E-state index in [9.17, 15) is 0 Å². The molecule has 63 heavy (non-hydrogen) atoms. The molecular weight excluding hydrogens is 761 g/mol. The van der Waals surface area contributed by atoms with Gasteiger partial charge in [0.25, 0.3) is 0 Å². The Bertz CT molecular complexity index is 3230. The normalized spacial score (nSPS) is 12.9. The van der Waals surface area contributed by atoms with Gasteiger partial charge in [0.1, 0.15) is 0 Å². The van der Waals surface area contributed by atoms with E-state index in [2.05, 4.69) is 265 Å². The largest absolute Gasteiger partial charge is 0.310 e. The highest BCUT2D eigenvalue weighted by molar-refractivity contribution is 5.97. The van der Waals surface area contributed by atoms with E-state index in [4.69, 9.17) is 0 Å². The first kappa shape index (κ1) is 36.6. The molecule has 0 saturated heterocycles. The van der Waals surface area contributed by atoms with Gasteiger partial charge in [-0.2, -0.15) is 0 Å². The molecule has 10 aromatic carbocycles. The number of hydrogen-bond donors (Lipinski definition) is 0. The quantitative estimate of drug-likeness (QED) is 0.158. The summed E-state index contributed by atoms with van der Waals surface area (Å²) in [4.78, 5) is 4.87.